The van der Waals surface area contributed by atoms with Gasteiger partial charge in [0.1, 0.15) is 11.2 Å². The molecule has 0 unspecified atom stereocenters. The summed E-state index contributed by atoms with van der Waals surface area (Å²) in [5.41, 5.74) is 0. The minimum atomic E-state index is -4.60. The van der Waals surface area contributed by atoms with E-state index in [1.807, 2.05) is 0 Å². The maximum Gasteiger partial charge on any atom is 0.412 e. The summed E-state index contributed by atoms with van der Waals surface area (Å²) in [7, 11) is -4.17. The van der Waals surface area contributed by atoms with Crippen LogP contribution in [-0.4, -0.2) is 14.6 Å². The Morgan fingerprint density at radius 2 is 1.69 bits per heavy atom. The van der Waals surface area contributed by atoms with E-state index in [0.29, 0.717) is 0 Å². The normalized spacial score (nSPS) is 12.9. The second-order valence-corrected chi connectivity index (χ2v) is 4.28. The Morgan fingerprint density at radius 3 is 2.19 bits per heavy atom. The molecule has 0 bridgehead atoms. The van der Waals surface area contributed by atoms with Gasteiger partial charge in [0.25, 0.3) is 0 Å². The first kappa shape index (κ1) is 12.6. The molecule has 7 heteroatoms. The first-order valence-electron chi connectivity index (χ1n) is 4.04. The Hall–Kier alpha value is -1.50. The number of rotatable bonds is 3. The lowest BCUT2D eigenvalue weighted by atomic mass is 10.4. The van der Waals surface area contributed by atoms with Crippen LogP contribution in [0.5, 0.6) is 0 Å². The molecular weight excluding hydrogens is 245 g/mol. The van der Waals surface area contributed by atoms with E-state index in [4.69, 9.17) is 0 Å². The summed E-state index contributed by atoms with van der Waals surface area (Å²) < 4.78 is 61.6. The molecular formula is C9H7F3O3S. The van der Waals surface area contributed by atoms with Crippen LogP contribution in [0.1, 0.15) is 0 Å². The summed E-state index contributed by atoms with van der Waals surface area (Å²) in [4.78, 5) is -0.207. The second kappa shape index (κ2) is 4.56. The number of hydrogen-bond acceptors (Lipinski definition) is 3. The van der Waals surface area contributed by atoms with Crippen LogP contribution < -0.4 is 0 Å². The molecule has 0 saturated heterocycles. The summed E-state index contributed by atoms with van der Waals surface area (Å²) >= 11 is 0. The molecule has 3 nitrogen and oxygen atoms in total. The van der Waals surface area contributed by atoms with E-state index in [2.05, 4.69) is 4.18 Å². The Kier molecular flexibility index (Phi) is 3.58. The lowest BCUT2D eigenvalue weighted by molar-refractivity contribution is -0.0808. The average molecular weight is 252 g/mol. The fourth-order valence-corrected chi connectivity index (χ4v) is 1.62. The molecule has 0 aliphatic carbocycles. The molecule has 0 aromatic heterocycles. The predicted molar refractivity (Wildman–Crippen MR) is 49.9 cm³/mol. The van der Waals surface area contributed by atoms with E-state index in [1.54, 1.807) is 6.07 Å². The van der Waals surface area contributed by atoms with Crippen LogP contribution in [0.25, 0.3) is 0 Å². The van der Waals surface area contributed by atoms with Gasteiger partial charge in [-0.15, -0.1) is 0 Å². The van der Waals surface area contributed by atoms with Gasteiger partial charge in [0.15, 0.2) is 0 Å². The molecule has 1 aromatic carbocycles. The molecule has 0 atom stereocenters. The van der Waals surface area contributed by atoms with Crippen molar-refractivity contribution in [1.29, 1.82) is 0 Å². The van der Waals surface area contributed by atoms with E-state index in [1.165, 1.54) is 24.3 Å². The quantitative estimate of drug-likeness (QED) is 0.613. The van der Waals surface area contributed by atoms with Crippen LogP contribution >= 0.6 is 0 Å². The Labute approximate surface area is 90.3 Å². The maximum absolute atomic E-state index is 11.7. The molecule has 88 valence electrons. The number of allylic oxidation sites excluding steroid dienone is 1. The minimum absolute atomic E-state index is 0.0995. The second-order valence-electron chi connectivity index (χ2n) is 2.71. The fraction of sp³-hybridized carbons (Fsp3) is 0.111. The molecule has 1 rings (SSSR count). The van der Waals surface area contributed by atoms with Crippen molar-refractivity contribution in [2.24, 2.45) is 0 Å². The van der Waals surface area contributed by atoms with E-state index < -0.39 is 16.3 Å². The third-order valence-corrected chi connectivity index (χ3v) is 2.69. The van der Waals surface area contributed by atoms with E-state index in [0.717, 1.165) is 0 Å². The van der Waals surface area contributed by atoms with Gasteiger partial charge in [-0.1, -0.05) is 18.2 Å². The third-order valence-electron chi connectivity index (χ3n) is 1.47. The molecule has 0 saturated carbocycles. The van der Waals surface area contributed by atoms with Gasteiger partial charge in [-0.05, 0) is 12.1 Å². The number of hydrogen-bond donors (Lipinski definition) is 0. The highest BCUT2D eigenvalue weighted by Crippen LogP contribution is 2.17. The van der Waals surface area contributed by atoms with Crippen molar-refractivity contribution in [1.82, 2.24) is 0 Å². The van der Waals surface area contributed by atoms with E-state index in [-0.39, 0.29) is 17.2 Å². The SMILES string of the molecule is O=S(=O)(OC=CC(F)(F)F)c1ccccc1. The van der Waals surface area contributed by atoms with Crippen molar-refractivity contribution in [2.45, 2.75) is 11.1 Å². The summed E-state index contributed by atoms with van der Waals surface area (Å²) in [5, 5.41) is 0. The number of benzene rings is 1. The fourth-order valence-electron chi connectivity index (χ4n) is 0.821. The van der Waals surface area contributed by atoms with E-state index in [9.17, 15) is 21.6 Å². The zero-order valence-corrected chi connectivity index (χ0v) is 8.62. The van der Waals surface area contributed by atoms with Gasteiger partial charge in [0.2, 0.25) is 0 Å². The van der Waals surface area contributed by atoms with Crippen molar-refractivity contribution in [2.75, 3.05) is 0 Å². The van der Waals surface area contributed by atoms with Crippen molar-refractivity contribution in [3.63, 3.8) is 0 Å². The molecule has 0 aliphatic heterocycles. The van der Waals surface area contributed by atoms with Crippen molar-refractivity contribution >= 4 is 10.1 Å². The molecule has 0 spiro atoms. The Morgan fingerprint density at radius 1 is 1.12 bits per heavy atom. The predicted octanol–water partition coefficient (Wildman–Crippen LogP) is 2.47. The zero-order chi connectivity index (χ0) is 12.2. The highest BCUT2D eigenvalue weighted by atomic mass is 32.2. The van der Waals surface area contributed by atoms with Gasteiger partial charge in [-0.2, -0.15) is 21.6 Å². The van der Waals surface area contributed by atoms with Crippen LogP contribution in [-0.2, 0) is 14.3 Å². The van der Waals surface area contributed by atoms with Crippen LogP contribution in [0.4, 0.5) is 13.2 Å². The summed E-state index contributed by atoms with van der Waals surface area (Å²) in [5.74, 6) is 0. The van der Waals surface area contributed by atoms with Crippen LogP contribution in [0.3, 0.4) is 0 Å². The van der Waals surface area contributed by atoms with Crippen LogP contribution in [0.2, 0.25) is 0 Å². The Balaban J connectivity index is 2.79. The average Bonchev–Trinajstić information content (AvgIpc) is 2.17. The standard InChI is InChI=1S/C9H7F3O3S/c10-9(11,12)6-7-15-16(13,14)8-4-2-1-3-5-8/h1-7H. The molecule has 1 aromatic rings. The summed E-state index contributed by atoms with van der Waals surface area (Å²) in [6, 6.07) is 6.88. The maximum atomic E-state index is 11.7. The smallest absolute Gasteiger partial charge is 0.387 e. The topological polar surface area (TPSA) is 43.4 Å². The van der Waals surface area contributed by atoms with Crippen molar-refractivity contribution in [3.05, 3.63) is 42.7 Å². The highest BCUT2D eigenvalue weighted by Gasteiger charge is 2.23. The van der Waals surface area contributed by atoms with Crippen molar-refractivity contribution in [3.8, 4) is 0 Å². The lowest BCUT2D eigenvalue weighted by Crippen LogP contribution is -2.05. The van der Waals surface area contributed by atoms with Gasteiger partial charge in [-0.25, -0.2) is 0 Å². The first-order chi connectivity index (χ1) is 7.31. The van der Waals surface area contributed by atoms with E-state index >= 15 is 0 Å². The Bertz CT molecular complexity index is 463. The van der Waals surface area contributed by atoms with Crippen molar-refractivity contribution < 1.29 is 25.8 Å². The number of halogens is 3. The van der Waals surface area contributed by atoms with Gasteiger partial charge in [0, 0.05) is 0 Å². The molecule has 0 radical (unpaired) electrons. The highest BCUT2D eigenvalue weighted by molar-refractivity contribution is 7.86. The summed E-state index contributed by atoms with van der Waals surface area (Å²) in [6.45, 7) is 0. The van der Waals surface area contributed by atoms with Gasteiger partial charge >= 0.3 is 16.3 Å². The van der Waals surface area contributed by atoms with Crippen LogP contribution in [0.15, 0.2) is 47.6 Å². The number of alkyl halides is 3. The van der Waals surface area contributed by atoms with Gasteiger partial charge < -0.3 is 4.18 Å². The largest absolute Gasteiger partial charge is 0.412 e. The zero-order valence-electron chi connectivity index (χ0n) is 7.81. The van der Waals surface area contributed by atoms with Gasteiger partial charge in [-0.3, -0.25) is 0 Å². The van der Waals surface area contributed by atoms with Crippen LogP contribution in [0, 0.1) is 0 Å². The molecule has 0 heterocycles. The minimum Gasteiger partial charge on any atom is -0.387 e. The summed E-state index contributed by atoms with van der Waals surface area (Å²) in [6.07, 6.45) is -4.80. The third kappa shape index (κ3) is 3.93. The van der Waals surface area contributed by atoms with Gasteiger partial charge in [0.05, 0.1) is 6.08 Å². The molecule has 0 N–H and O–H groups in total. The molecule has 16 heavy (non-hydrogen) atoms. The molecule has 0 amide bonds. The lowest BCUT2D eigenvalue weighted by Gasteiger charge is -2.02. The molecule has 0 fully saturated rings. The monoisotopic (exact) mass is 252 g/mol. The molecule has 0 aliphatic rings. The first-order valence-corrected chi connectivity index (χ1v) is 5.45.